The zero-order valence-electron chi connectivity index (χ0n) is 26.3. The maximum Gasteiger partial charge on any atom is 0.256 e. The fraction of sp³-hybridized carbons (Fsp3) is 0.500. The number of anilines is 1. The van der Waals surface area contributed by atoms with Gasteiger partial charge in [-0.2, -0.15) is 0 Å². The summed E-state index contributed by atoms with van der Waals surface area (Å²) < 4.78 is 33.5. The van der Waals surface area contributed by atoms with E-state index in [1.165, 1.54) is 11.1 Å². The highest BCUT2D eigenvalue weighted by Gasteiger charge is 2.29. The van der Waals surface area contributed by atoms with Gasteiger partial charge in [0.05, 0.1) is 19.9 Å². The molecule has 3 rings (SSSR count). The summed E-state index contributed by atoms with van der Waals surface area (Å²) in [6, 6.07) is 7.25. The Bertz CT molecular complexity index is 1240. The maximum atomic E-state index is 14.1. The van der Waals surface area contributed by atoms with E-state index in [4.69, 9.17) is 28.4 Å². The van der Waals surface area contributed by atoms with Gasteiger partial charge in [-0.3, -0.25) is 4.79 Å². The fourth-order valence-corrected chi connectivity index (χ4v) is 5.30. The van der Waals surface area contributed by atoms with Gasteiger partial charge in [0, 0.05) is 43.0 Å². The standard InChI is InChI=1S/C34H47NO7/c1-23(2)11-10-12-24(3)15-16-27-29(19-26(39-6)20-31(27)40-7)35-34(36)28-17-18-30(41-21-37-4)33(42-22-38-5)32(28)25-13-8-9-14-25/h11,15,17-20,25H,8-10,12-14,16,21-22H2,1-7H3,(H,35,36)/b24-15+. The number of carbonyl (C=O) groups excluding carboxylic acids is 1. The number of methoxy groups -OCH3 is 4. The lowest BCUT2D eigenvalue weighted by Gasteiger charge is -2.23. The van der Waals surface area contributed by atoms with E-state index in [9.17, 15) is 4.79 Å². The average molecular weight is 582 g/mol. The summed E-state index contributed by atoms with van der Waals surface area (Å²) in [4.78, 5) is 14.1. The van der Waals surface area contributed by atoms with Gasteiger partial charge in [0.1, 0.15) is 11.5 Å². The molecule has 0 radical (unpaired) electrons. The van der Waals surface area contributed by atoms with Gasteiger partial charge < -0.3 is 33.7 Å². The summed E-state index contributed by atoms with van der Waals surface area (Å²) in [5.74, 6) is 2.21. The van der Waals surface area contributed by atoms with Gasteiger partial charge in [0.2, 0.25) is 0 Å². The van der Waals surface area contributed by atoms with Crippen LogP contribution < -0.4 is 24.3 Å². The topological polar surface area (TPSA) is 84.5 Å². The number of carbonyl (C=O) groups is 1. The molecule has 0 saturated heterocycles. The Hall–Kier alpha value is -3.49. The Labute approximate surface area is 251 Å². The molecule has 2 aromatic carbocycles. The molecule has 1 N–H and O–H groups in total. The van der Waals surface area contributed by atoms with Crippen LogP contribution in [-0.4, -0.2) is 47.9 Å². The third-order valence-electron chi connectivity index (χ3n) is 7.45. The van der Waals surface area contributed by atoms with Crippen molar-refractivity contribution in [2.24, 2.45) is 0 Å². The van der Waals surface area contributed by atoms with Crippen LogP contribution in [0, 0.1) is 0 Å². The second-order valence-corrected chi connectivity index (χ2v) is 10.8. The molecule has 8 nitrogen and oxygen atoms in total. The first kappa shape index (κ1) is 33.0. The lowest BCUT2D eigenvalue weighted by Crippen LogP contribution is -2.18. The molecule has 2 aromatic rings. The molecule has 0 spiro atoms. The number of benzene rings is 2. The van der Waals surface area contributed by atoms with E-state index in [2.05, 4.69) is 38.2 Å². The van der Waals surface area contributed by atoms with Gasteiger partial charge in [0.15, 0.2) is 25.1 Å². The molecule has 0 heterocycles. The van der Waals surface area contributed by atoms with Crippen molar-refractivity contribution < 1.29 is 33.2 Å². The van der Waals surface area contributed by atoms with Crippen molar-refractivity contribution >= 4 is 11.6 Å². The Kier molecular flexibility index (Phi) is 13.2. The van der Waals surface area contributed by atoms with Crippen molar-refractivity contribution in [3.63, 3.8) is 0 Å². The van der Waals surface area contributed by atoms with Crippen molar-refractivity contribution in [3.05, 3.63) is 64.3 Å². The van der Waals surface area contributed by atoms with Crippen LogP contribution in [-0.2, 0) is 15.9 Å². The van der Waals surface area contributed by atoms with E-state index in [1.807, 2.05) is 12.1 Å². The first-order chi connectivity index (χ1) is 20.3. The van der Waals surface area contributed by atoms with Gasteiger partial charge in [-0.1, -0.05) is 36.1 Å². The molecule has 0 unspecified atom stereocenters. The minimum atomic E-state index is -0.238. The minimum Gasteiger partial charge on any atom is -0.497 e. The zero-order chi connectivity index (χ0) is 30.5. The molecule has 0 aromatic heterocycles. The third kappa shape index (κ3) is 9.00. The zero-order valence-corrected chi connectivity index (χ0v) is 26.3. The molecule has 42 heavy (non-hydrogen) atoms. The van der Waals surface area contributed by atoms with E-state index in [0.717, 1.165) is 49.7 Å². The number of allylic oxidation sites excluding steroid dienone is 4. The van der Waals surface area contributed by atoms with Gasteiger partial charge in [-0.05, 0) is 70.9 Å². The molecule has 8 heteroatoms. The monoisotopic (exact) mass is 581 g/mol. The van der Waals surface area contributed by atoms with Crippen LogP contribution in [0.15, 0.2) is 47.6 Å². The summed E-state index contributed by atoms with van der Waals surface area (Å²) in [5, 5.41) is 3.18. The van der Waals surface area contributed by atoms with Crippen molar-refractivity contribution in [1.29, 1.82) is 0 Å². The number of hydrogen-bond donors (Lipinski definition) is 1. The third-order valence-corrected chi connectivity index (χ3v) is 7.45. The van der Waals surface area contributed by atoms with Crippen LogP contribution in [0.3, 0.4) is 0 Å². The summed E-state index contributed by atoms with van der Waals surface area (Å²) >= 11 is 0. The smallest absolute Gasteiger partial charge is 0.256 e. The molecule has 0 aliphatic heterocycles. The molecule has 1 amide bonds. The normalized spacial score (nSPS) is 13.5. The molecule has 230 valence electrons. The highest BCUT2D eigenvalue weighted by molar-refractivity contribution is 6.06. The van der Waals surface area contributed by atoms with E-state index in [-0.39, 0.29) is 25.4 Å². The summed E-state index contributed by atoms with van der Waals surface area (Å²) in [6.45, 7) is 6.45. The van der Waals surface area contributed by atoms with Crippen LogP contribution in [0.4, 0.5) is 5.69 Å². The van der Waals surface area contributed by atoms with Crippen LogP contribution in [0.2, 0.25) is 0 Å². The van der Waals surface area contributed by atoms with Crippen molar-refractivity contribution in [2.45, 2.75) is 71.6 Å². The molecule has 1 aliphatic carbocycles. The maximum absolute atomic E-state index is 14.1. The molecular weight excluding hydrogens is 534 g/mol. The number of hydrogen-bond acceptors (Lipinski definition) is 7. The molecular formula is C34H47NO7. The Balaban J connectivity index is 2.03. The predicted octanol–water partition coefficient (Wildman–Crippen LogP) is 7.81. The number of amides is 1. The lowest BCUT2D eigenvalue weighted by atomic mass is 9.90. The highest BCUT2D eigenvalue weighted by atomic mass is 16.7. The van der Waals surface area contributed by atoms with Crippen LogP contribution in [0.1, 0.15) is 86.7 Å². The largest absolute Gasteiger partial charge is 0.497 e. The quantitative estimate of drug-likeness (QED) is 0.160. The molecule has 1 saturated carbocycles. The van der Waals surface area contributed by atoms with Gasteiger partial charge in [-0.25, -0.2) is 0 Å². The molecule has 1 aliphatic rings. The van der Waals surface area contributed by atoms with E-state index in [1.54, 1.807) is 40.6 Å². The van der Waals surface area contributed by atoms with E-state index < -0.39 is 0 Å². The van der Waals surface area contributed by atoms with Crippen molar-refractivity contribution in [3.8, 4) is 23.0 Å². The SMILES string of the molecule is COCOc1ccc(C(=O)Nc2cc(OC)cc(OC)c2C/C=C(\C)CCC=C(C)C)c(C2CCCC2)c1OCOC. The average Bonchev–Trinajstić information content (AvgIpc) is 3.52. The van der Waals surface area contributed by atoms with Crippen LogP contribution in [0.5, 0.6) is 23.0 Å². The second-order valence-electron chi connectivity index (χ2n) is 10.8. The predicted molar refractivity (Wildman–Crippen MR) is 166 cm³/mol. The second kappa shape index (κ2) is 16.8. The fourth-order valence-electron chi connectivity index (χ4n) is 5.30. The van der Waals surface area contributed by atoms with E-state index in [0.29, 0.717) is 40.7 Å². The number of ether oxygens (including phenoxy) is 6. The number of nitrogens with one attached hydrogen (secondary N) is 1. The summed E-state index contributed by atoms with van der Waals surface area (Å²) in [6.07, 6.45) is 11.1. The molecule has 0 atom stereocenters. The van der Waals surface area contributed by atoms with E-state index >= 15 is 0 Å². The van der Waals surface area contributed by atoms with Crippen LogP contribution in [0.25, 0.3) is 0 Å². The molecule has 0 bridgehead atoms. The van der Waals surface area contributed by atoms with Gasteiger partial charge >= 0.3 is 0 Å². The molecule has 1 fully saturated rings. The lowest BCUT2D eigenvalue weighted by molar-refractivity contribution is 0.0314. The number of rotatable bonds is 16. The Morgan fingerprint density at radius 1 is 0.905 bits per heavy atom. The minimum absolute atomic E-state index is 0.0324. The Morgan fingerprint density at radius 2 is 1.62 bits per heavy atom. The summed E-state index contributed by atoms with van der Waals surface area (Å²) in [7, 11) is 6.36. The first-order valence-corrected chi connectivity index (χ1v) is 14.6. The van der Waals surface area contributed by atoms with Crippen LogP contribution >= 0.6 is 0 Å². The Morgan fingerprint density at radius 3 is 2.26 bits per heavy atom. The van der Waals surface area contributed by atoms with Crippen molar-refractivity contribution in [2.75, 3.05) is 47.3 Å². The highest BCUT2D eigenvalue weighted by Crippen LogP contribution is 2.45. The van der Waals surface area contributed by atoms with Gasteiger partial charge in [-0.15, -0.1) is 0 Å². The van der Waals surface area contributed by atoms with Crippen molar-refractivity contribution in [1.82, 2.24) is 0 Å². The first-order valence-electron chi connectivity index (χ1n) is 14.6. The summed E-state index contributed by atoms with van der Waals surface area (Å²) in [5.41, 5.74) is 5.49. The van der Waals surface area contributed by atoms with Gasteiger partial charge in [0.25, 0.3) is 5.91 Å².